The third-order valence-corrected chi connectivity index (χ3v) is 6.85. The lowest BCUT2D eigenvalue weighted by molar-refractivity contribution is -0.132. The highest BCUT2D eigenvalue weighted by atomic mass is 79.9. The van der Waals surface area contributed by atoms with E-state index in [4.69, 9.17) is 11.6 Å². The maximum absolute atomic E-state index is 13.2. The number of amides is 1. The summed E-state index contributed by atoms with van der Waals surface area (Å²) in [6.07, 6.45) is 3.02. The lowest BCUT2D eigenvalue weighted by atomic mass is 9.96. The van der Waals surface area contributed by atoms with Gasteiger partial charge in [0.15, 0.2) is 5.13 Å². The molecule has 0 saturated carbocycles. The number of hydrogen-bond donors (Lipinski definition) is 1. The molecule has 1 N–H and O–H groups in total. The van der Waals surface area contributed by atoms with Crippen molar-refractivity contribution in [1.82, 2.24) is 9.97 Å². The number of thiazole rings is 1. The van der Waals surface area contributed by atoms with Crippen molar-refractivity contribution < 1.29 is 14.7 Å². The molecule has 0 radical (unpaired) electrons. The van der Waals surface area contributed by atoms with Crippen LogP contribution < -0.4 is 4.90 Å². The summed E-state index contributed by atoms with van der Waals surface area (Å²) < 4.78 is 1.57. The summed E-state index contributed by atoms with van der Waals surface area (Å²) >= 11 is 10.8. The Bertz CT molecular complexity index is 1420. The fourth-order valence-electron chi connectivity index (χ4n) is 3.68. The number of halogens is 2. The Morgan fingerprint density at radius 1 is 1.09 bits per heavy atom. The Morgan fingerprint density at radius 3 is 2.62 bits per heavy atom. The molecule has 1 saturated heterocycles. The number of Topliss-reactive ketones (excluding diaryl/α,β-unsaturated/α-hetero) is 1. The molecule has 0 aliphatic carbocycles. The first kappa shape index (κ1) is 20.8. The second kappa shape index (κ2) is 8.12. The number of carbonyl (C=O) groups excluding carboxylic acids is 2. The molecule has 5 rings (SSSR count). The molecule has 1 amide bonds. The average Bonchev–Trinajstić information content (AvgIpc) is 3.32. The molecule has 6 nitrogen and oxygen atoms in total. The first-order chi connectivity index (χ1) is 15.4. The number of fused-ring (bicyclic) bond motifs is 1. The molecule has 0 spiro atoms. The fraction of sp³-hybridized carbons (Fsp3) is 0.0435. The number of anilines is 1. The Kier molecular flexibility index (Phi) is 5.28. The van der Waals surface area contributed by atoms with Crippen molar-refractivity contribution in [3.63, 3.8) is 0 Å². The van der Waals surface area contributed by atoms with Crippen LogP contribution in [0.2, 0.25) is 5.02 Å². The number of hydrogen-bond acceptors (Lipinski definition) is 6. The highest BCUT2D eigenvalue weighted by Crippen LogP contribution is 2.44. The highest BCUT2D eigenvalue weighted by molar-refractivity contribution is 9.10. The van der Waals surface area contributed by atoms with E-state index >= 15 is 0 Å². The Morgan fingerprint density at radius 2 is 1.88 bits per heavy atom. The molecule has 32 heavy (non-hydrogen) atoms. The summed E-state index contributed by atoms with van der Waals surface area (Å²) in [6.45, 7) is 0. The number of nitrogens with zero attached hydrogens (tertiary/aromatic N) is 3. The van der Waals surface area contributed by atoms with Gasteiger partial charge in [0, 0.05) is 27.5 Å². The van der Waals surface area contributed by atoms with Crippen LogP contribution in [0.25, 0.3) is 16.0 Å². The van der Waals surface area contributed by atoms with Crippen molar-refractivity contribution in [3.05, 3.63) is 93.2 Å². The zero-order valence-corrected chi connectivity index (χ0v) is 19.4. The zero-order chi connectivity index (χ0) is 22.4. The number of carbonyl (C=O) groups is 2. The summed E-state index contributed by atoms with van der Waals surface area (Å²) in [5, 5.41) is 12.0. The van der Waals surface area contributed by atoms with Gasteiger partial charge in [-0.2, -0.15) is 0 Å². The molecule has 1 fully saturated rings. The second-order valence-electron chi connectivity index (χ2n) is 7.07. The van der Waals surface area contributed by atoms with E-state index in [0.717, 1.165) is 9.17 Å². The van der Waals surface area contributed by atoms with Crippen LogP contribution in [0.5, 0.6) is 0 Å². The summed E-state index contributed by atoms with van der Waals surface area (Å²) in [5.74, 6) is -1.79. The number of aromatic nitrogens is 2. The van der Waals surface area contributed by atoms with Gasteiger partial charge in [-0.25, -0.2) is 4.98 Å². The third kappa shape index (κ3) is 3.50. The quantitative estimate of drug-likeness (QED) is 0.209. The van der Waals surface area contributed by atoms with Crippen LogP contribution in [0.1, 0.15) is 17.2 Å². The number of aliphatic hydroxyl groups is 1. The van der Waals surface area contributed by atoms with Gasteiger partial charge < -0.3 is 5.11 Å². The topological polar surface area (TPSA) is 83.4 Å². The highest BCUT2D eigenvalue weighted by Gasteiger charge is 2.48. The molecule has 1 unspecified atom stereocenters. The molecule has 158 valence electrons. The van der Waals surface area contributed by atoms with Crippen molar-refractivity contribution in [2.45, 2.75) is 6.04 Å². The van der Waals surface area contributed by atoms with Crippen LogP contribution in [0.4, 0.5) is 5.13 Å². The molecular weight excluding hydrogens is 514 g/mol. The molecule has 4 aromatic rings. The number of pyridine rings is 1. The second-order valence-corrected chi connectivity index (χ2v) is 9.43. The van der Waals surface area contributed by atoms with E-state index in [-0.39, 0.29) is 11.3 Å². The van der Waals surface area contributed by atoms with Gasteiger partial charge in [0.1, 0.15) is 5.76 Å². The summed E-state index contributed by atoms with van der Waals surface area (Å²) in [7, 11) is 0. The van der Waals surface area contributed by atoms with Crippen LogP contribution >= 0.6 is 38.9 Å². The minimum absolute atomic E-state index is 0.00316. The number of rotatable bonds is 3. The molecule has 9 heteroatoms. The van der Waals surface area contributed by atoms with E-state index in [1.165, 1.54) is 28.6 Å². The van der Waals surface area contributed by atoms with Gasteiger partial charge in [0.25, 0.3) is 5.78 Å². The van der Waals surface area contributed by atoms with Gasteiger partial charge in [0.2, 0.25) is 0 Å². The molecule has 2 aromatic heterocycles. The lowest BCUT2D eigenvalue weighted by Gasteiger charge is -2.23. The van der Waals surface area contributed by atoms with Gasteiger partial charge in [-0.3, -0.25) is 19.5 Å². The predicted octanol–water partition coefficient (Wildman–Crippen LogP) is 5.73. The Hall–Kier alpha value is -3.07. The molecule has 0 bridgehead atoms. The molecule has 1 aliphatic rings. The minimum atomic E-state index is -0.850. The van der Waals surface area contributed by atoms with Crippen LogP contribution in [-0.2, 0) is 9.59 Å². The van der Waals surface area contributed by atoms with Crippen molar-refractivity contribution in [3.8, 4) is 0 Å². The van der Waals surface area contributed by atoms with E-state index in [1.54, 1.807) is 36.4 Å². The van der Waals surface area contributed by atoms with Crippen molar-refractivity contribution in [1.29, 1.82) is 0 Å². The summed E-state index contributed by atoms with van der Waals surface area (Å²) in [4.78, 5) is 36.2. The van der Waals surface area contributed by atoms with E-state index in [9.17, 15) is 14.7 Å². The van der Waals surface area contributed by atoms with Gasteiger partial charge in [-0.15, -0.1) is 0 Å². The maximum atomic E-state index is 13.2. The van der Waals surface area contributed by atoms with Gasteiger partial charge in [-0.05, 0) is 48.0 Å². The average molecular weight is 527 g/mol. The van der Waals surface area contributed by atoms with Gasteiger partial charge in [0.05, 0.1) is 21.8 Å². The van der Waals surface area contributed by atoms with E-state index in [1.807, 2.05) is 18.2 Å². The molecule has 2 aromatic carbocycles. The standard InChI is InChI=1S/C23H13BrClN3O3S/c24-14-3-1-2-13(10-14)19-18(20(29)12-6-8-26-9-7-12)21(30)22(31)28(19)23-27-16-5-4-15(25)11-17(16)32-23/h1-11,19,29H/b20-18+. The van der Waals surface area contributed by atoms with E-state index in [0.29, 0.717) is 26.8 Å². The molecule has 1 atom stereocenters. The maximum Gasteiger partial charge on any atom is 0.301 e. The van der Waals surface area contributed by atoms with Crippen LogP contribution in [-0.4, -0.2) is 26.8 Å². The largest absolute Gasteiger partial charge is 0.507 e. The zero-order valence-electron chi connectivity index (χ0n) is 16.2. The Labute approximate surface area is 199 Å². The van der Waals surface area contributed by atoms with Crippen molar-refractivity contribution >= 4 is 71.7 Å². The van der Waals surface area contributed by atoms with Crippen LogP contribution in [0, 0.1) is 0 Å². The van der Waals surface area contributed by atoms with E-state index < -0.39 is 17.7 Å². The van der Waals surface area contributed by atoms with Gasteiger partial charge in [-0.1, -0.05) is 51.0 Å². The molecule has 1 aliphatic heterocycles. The minimum Gasteiger partial charge on any atom is -0.507 e. The number of ketones is 1. The SMILES string of the molecule is O=C1C(=O)N(c2nc3ccc(Cl)cc3s2)C(c2cccc(Br)c2)/C1=C(\O)c1ccncc1. The molecular formula is C23H13BrClN3O3S. The normalized spacial score (nSPS) is 17.9. The lowest BCUT2D eigenvalue weighted by Crippen LogP contribution is -2.29. The predicted molar refractivity (Wildman–Crippen MR) is 128 cm³/mol. The Balaban J connectivity index is 1.75. The monoisotopic (exact) mass is 525 g/mol. The number of benzene rings is 2. The fourth-order valence-corrected chi connectivity index (χ4v) is 5.36. The molecule has 3 heterocycles. The first-order valence-electron chi connectivity index (χ1n) is 9.47. The third-order valence-electron chi connectivity index (χ3n) is 5.11. The van der Waals surface area contributed by atoms with Crippen molar-refractivity contribution in [2.75, 3.05) is 4.90 Å². The summed E-state index contributed by atoms with van der Waals surface area (Å²) in [5.41, 5.74) is 1.72. The van der Waals surface area contributed by atoms with Crippen LogP contribution in [0.15, 0.2) is 77.0 Å². The van der Waals surface area contributed by atoms with Gasteiger partial charge >= 0.3 is 5.91 Å². The smallest absolute Gasteiger partial charge is 0.301 e. The number of aliphatic hydroxyl groups excluding tert-OH is 1. The van der Waals surface area contributed by atoms with Crippen LogP contribution in [0.3, 0.4) is 0 Å². The van der Waals surface area contributed by atoms with Crippen molar-refractivity contribution in [2.24, 2.45) is 0 Å². The summed E-state index contributed by atoms with van der Waals surface area (Å²) in [6, 6.07) is 14.8. The first-order valence-corrected chi connectivity index (χ1v) is 11.5. The van der Waals surface area contributed by atoms with E-state index in [2.05, 4.69) is 25.9 Å².